The van der Waals surface area contributed by atoms with Crippen LogP contribution >= 0.6 is 0 Å². The molecule has 0 aromatic heterocycles. The van der Waals surface area contributed by atoms with E-state index in [2.05, 4.69) is 5.43 Å². The van der Waals surface area contributed by atoms with Gasteiger partial charge in [0.05, 0.1) is 12.5 Å². The largest absolute Gasteiger partial charge is 0.496 e. The Labute approximate surface area is 102 Å². The second-order valence-electron chi connectivity index (χ2n) is 4.62. The highest BCUT2D eigenvalue weighted by molar-refractivity contribution is 5.91. The van der Waals surface area contributed by atoms with Crippen LogP contribution in [0.15, 0.2) is 24.3 Å². The van der Waals surface area contributed by atoms with Gasteiger partial charge in [0.1, 0.15) is 5.75 Å². The number of hydrogen-bond acceptors (Lipinski definition) is 3. The number of ether oxygens (including phenoxy) is 1. The molecule has 1 amide bonds. The van der Waals surface area contributed by atoms with Crippen molar-refractivity contribution in [1.82, 2.24) is 10.4 Å². The quantitative estimate of drug-likeness (QED) is 0.799. The van der Waals surface area contributed by atoms with Crippen LogP contribution in [0.4, 0.5) is 0 Å². The smallest absolute Gasteiger partial charge is 0.245 e. The Morgan fingerprint density at radius 2 is 2.00 bits per heavy atom. The number of rotatable bonds is 4. The molecule has 1 fully saturated rings. The molecule has 2 rings (SSSR count). The molecule has 0 spiro atoms. The van der Waals surface area contributed by atoms with Crippen molar-refractivity contribution in [2.24, 2.45) is 0 Å². The van der Waals surface area contributed by atoms with Crippen LogP contribution in [0, 0.1) is 0 Å². The summed E-state index contributed by atoms with van der Waals surface area (Å²) < 4.78 is 5.33. The monoisotopic (exact) mass is 234 g/mol. The van der Waals surface area contributed by atoms with Gasteiger partial charge in [0.25, 0.3) is 0 Å². The molecule has 1 saturated carbocycles. The molecule has 4 nitrogen and oxygen atoms in total. The molecule has 0 radical (unpaired) electrons. The minimum absolute atomic E-state index is 0.0481. The van der Waals surface area contributed by atoms with Crippen LogP contribution in [0.5, 0.6) is 5.75 Å². The number of benzene rings is 1. The average molecular weight is 234 g/mol. The minimum atomic E-state index is -0.392. The van der Waals surface area contributed by atoms with Gasteiger partial charge in [-0.05, 0) is 18.9 Å². The predicted octanol–water partition coefficient (Wildman–Crippen LogP) is 1.32. The zero-order valence-corrected chi connectivity index (χ0v) is 10.5. The Bertz CT molecular complexity index is 425. The summed E-state index contributed by atoms with van der Waals surface area (Å²) in [7, 11) is 5.27. The van der Waals surface area contributed by atoms with E-state index < -0.39 is 5.41 Å². The van der Waals surface area contributed by atoms with E-state index in [1.807, 2.05) is 38.4 Å². The maximum absolute atomic E-state index is 12.2. The number of carbonyl (C=O) groups is 1. The summed E-state index contributed by atoms with van der Waals surface area (Å²) in [6, 6.07) is 7.74. The molecule has 0 saturated heterocycles. The highest BCUT2D eigenvalue weighted by atomic mass is 16.5. The second-order valence-corrected chi connectivity index (χ2v) is 4.62. The van der Waals surface area contributed by atoms with E-state index in [1.165, 1.54) is 0 Å². The number of methoxy groups -OCH3 is 1. The summed E-state index contributed by atoms with van der Waals surface area (Å²) in [6.07, 6.45) is 1.76. The summed E-state index contributed by atoms with van der Waals surface area (Å²) in [6.45, 7) is 0. The molecule has 0 atom stereocenters. The third-order valence-electron chi connectivity index (χ3n) is 3.13. The van der Waals surface area contributed by atoms with Gasteiger partial charge in [0, 0.05) is 19.7 Å². The van der Waals surface area contributed by atoms with Gasteiger partial charge in [-0.3, -0.25) is 10.2 Å². The zero-order chi connectivity index (χ0) is 12.5. The number of carbonyl (C=O) groups excluding carboxylic acids is 1. The van der Waals surface area contributed by atoms with E-state index in [1.54, 1.807) is 12.1 Å². The Balaban J connectivity index is 2.29. The van der Waals surface area contributed by atoms with Gasteiger partial charge in [-0.2, -0.15) is 0 Å². The van der Waals surface area contributed by atoms with E-state index in [9.17, 15) is 4.79 Å². The van der Waals surface area contributed by atoms with Gasteiger partial charge in [-0.1, -0.05) is 18.2 Å². The Morgan fingerprint density at radius 3 is 2.53 bits per heavy atom. The van der Waals surface area contributed by atoms with Gasteiger partial charge in [-0.25, -0.2) is 5.01 Å². The molecule has 1 aliphatic carbocycles. The maximum atomic E-state index is 12.2. The lowest BCUT2D eigenvalue weighted by atomic mass is 9.94. The fourth-order valence-electron chi connectivity index (χ4n) is 2.09. The molecule has 92 valence electrons. The van der Waals surface area contributed by atoms with Crippen molar-refractivity contribution in [2.45, 2.75) is 18.3 Å². The van der Waals surface area contributed by atoms with Crippen LogP contribution in [-0.4, -0.2) is 32.1 Å². The summed E-state index contributed by atoms with van der Waals surface area (Å²) >= 11 is 0. The molecule has 0 heterocycles. The van der Waals surface area contributed by atoms with E-state index in [0.717, 1.165) is 24.2 Å². The Morgan fingerprint density at radius 1 is 1.35 bits per heavy atom. The lowest BCUT2D eigenvalue weighted by Gasteiger charge is -2.21. The van der Waals surface area contributed by atoms with Crippen molar-refractivity contribution in [3.05, 3.63) is 29.8 Å². The Kier molecular flexibility index (Phi) is 3.07. The van der Waals surface area contributed by atoms with Crippen molar-refractivity contribution in [3.63, 3.8) is 0 Å². The number of para-hydroxylation sites is 1. The van der Waals surface area contributed by atoms with E-state index >= 15 is 0 Å². The molecule has 0 aliphatic heterocycles. The highest BCUT2D eigenvalue weighted by Crippen LogP contribution is 2.51. The first-order chi connectivity index (χ1) is 8.10. The van der Waals surface area contributed by atoms with Gasteiger partial charge in [-0.15, -0.1) is 0 Å². The number of nitrogens with one attached hydrogen (secondary N) is 1. The van der Waals surface area contributed by atoms with Crippen LogP contribution in [-0.2, 0) is 10.2 Å². The lowest BCUT2D eigenvalue weighted by Crippen LogP contribution is -2.42. The fourth-order valence-corrected chi connectivity index (χ4v) is 2.09. The van der Waals surface area contributed by atoms with Crippen molar-refractivity contribution >= 4 is 5.91 Å². The van der Waals surface area contributed by atoms with Crippen LogP contribution in [0.3, 0.4) is 0 Å². The first-order valence-corrected chi connectivity index (χ1v) is 5.72. The molecule has 0 bridgehead atoms. The van der Waals surface area contributed by atoms with Crippen LogP contribution in [0.1, 0.15) is 18.4 Å². The molecular weight excluding hydrogens is 216 g/mol. The van der Waals surface area contributed by atoms with Crippen LogP contribution < -0.4 is 10.2 Å². The molecular formula is C13H18N2O2. The molecule has 1 aliphatic rings. The van der Waals surface area contributed by atoms with Crippen molar-refractivity contribution in [1.29, 1.82) is 0 Å². The van der Waals surface area contributed by atoms with Crippen molar-refractivity contribution < 1.29 is 9.53 Å². The molecule has 1 aromatic rings. The van der Waals surface area contributed by atoms with Gasteiger partial charge >= 0.3 is 0 Å². The predicted molar refractivity (Wildman–Crippen MR) is 65.7 cm³/mol. The SMILES string of the molecule is COc1ccccc1C1(C(=O)NN(C)C)CC1. The highest BCUT2D eigenvalue weighted by Gasteiger charge is 2.52. The Hall–Kier alpha value is -1.55. The fraction of sp³-hybridized carbons (Fsp3) is 0.462. The summed E-state index contributed by atoms with van der Waals surface area (Å²) in [4.78, 5) is 12.2. The number of amides is 1. The number of hydrogen-bond donors (Lipinski definition) is 1. The summed E-state index contributed by atoms with van der Waals surface area (Å²) in [5.41, 5.74) is 3.43. The van der Waals surface area contributed by atoms with Gasteiger partial charge in [0.2, 0.25) is 5.91 Å². The minimum Gasteiger partial charge on any atom is -0.496 e. The van der Waals surface area contributed by atoms with Crippen molar-refractivity contribution in [3.8, 4) is 5.75 Å². The molecule has 1 N–H and O–H groups in total. The van der Waals surface area contributed by atoms with Gasteiger partial charge in [0.15, 0.2) is 0 Å². The molecule has 17 heavy (non-hydrogen) atoms. The third kappa shape index (κ3) is 2.13. The number of hydrazine groups is 1. The zero-order valence-electron chi connectivity index (χ0n) is 10.5. The molecule has 0 unspecified atom stereocenters. The maximum Gasteiger partial charge on any atom is 0.245 e. The summed E-state index contributed by atoms with van der Waals surface area (Å²) in [5.74, 6) is 0.839. The molecule has 4 heteroatoms. The third-order valence-corrected chi connectivity index (χ3v) is 3.13. The normalized spacial score (nSPS) is 16.7. The van der Waals surface area contributed by atoms with E-state index in [4.69, 9.17) is 4.74 Å². The van der Waals surface area contributed by atoms with Crippen LogP contribution in [0.2, 0.25) is 0 Å². The number of nitrogens with zero attached hydrogens (tertiary/aromatic N) is 1. The van der Waals surface area contributed by atoms with Gasteiger partial charge < -0.3 is 4.74 Å². The van der Waals surface area contributed by atoms with Crippen LogP contribution in [0.25, 0.3) is 0 Å². The first-order valence-electron chi connectivity index (χ1n) is 5.72. The molecule has 1 aromatic carbocycles. The van der Waals surface area contributed by atoms with E-state index in [-0.39, 0.29) is 5.91 Å². The second kappa shape index (κ2) is 4.37. The lowest BCUT2D eigenvalue weighted by molar-refractivity contribution is -0.127. The standard InChI is InChI=1S/C13H18N2O2/c1-15(2)14-12(16)13(8-9-13)10-6-4-5-7-11(10)17-3/h4-7H,8-9H2,1-3H3,(H,14,16). The van der Waals surface area contributed by atoms with Crippen molar-refractivity contribution in [2.75, 3.05) is 21.2 Å². The summed E-state index contributed by atoms with van der Waals surface area (Å²) in [5, 5.41) is 1.68. The topological polar surface area (TPSA) is 41.6 Å². The van der Waals surface area contributed by atoms with E-state index in [0.29, 0.717) is 0 Å². The first kappa shape index (κ1) is 11.9. The average Bonchev–Trinajstić information content (AvgIpc) is 3.09.